The first kappa shape index (κ1) is 29.5. The molecular formula is C29H37F3N4O4. The van der Waals surface area contributed by atoms with Gasteiger partial charge < -0.3 is 19.9 Å². The van der Waals surface area contributed by atoms with Gasteiger partial charge in [-0.3, -0.25) is 14.9 Å². The van der Waals surface area contributed by atoms with E-state index in [4.69, 9.17) is 4.74 Å². The summed E-state index contributed by atoms with van der Waals surface area (Å²) >= 11 is 0. The van der Waals surface area contributed by atoms with Crippen molar-refractivity contribution in [3.63, 3.8) is 0 Å². The number of carbonyl (C=O) groups excluding carboxylic acids is 1. The van der Waals surface area contributed by atoms with E-state index in [9.17, 15) is 28.1 Å². The molecule has 2 aromatic rings. The third-order valence-electron chi connectivity index (χ3n) is 7.98. The maximum atomic E-state index is 13.3. The zero-order valence-electron chi connectivity index (χ0n) is 23.0. The lowest BCUT2D eigenvalue weighted by Gasteiger charge is -2.36. The van der Waals surface area contributed by atoms with Crippen LogP contribution < -0.4 is 15.0 Å². The number of nitro benzene ring substituents is 1. The van der Waals surface area contributed by atoms with Gasteiger partial charge in [-0.15, -0.1) is 0 Å². The summed E-state index contributed by atoms with van der Waals surface area (Å²) in [6, 6.07) is 11.1. The van der Waals surface area contributed by atoms with Crippen molar-refractivity contribution in [2.45, 2.75) is 57.7 Å². The van der Waals surface area contributed by atoms with Gasteiger partial charge in [-0.1, -0.05) is 0 Å². The molecule has 0 atom stereocenters. The van der Waals surface area contributed by atoms with Crippen LogP contribution in [-0.4, -0.2) is 55.1 Å². The van der Waals surface area contributed by atoms with Gasteiger partial charge in [-0.2, -0.15) is 13.2 Å². The molecule has 1 saturated carbocycles. The minimum atomic E-state index is -4.82. The molecule has 1 saturated heterocycles. The molecule has 2 aliphatic rings. The Morgan fingerprint density at radius 2 is 1.73 bits per heavy atom. The van der Waals surface area contributed by atoms with E-state index in [0.29, 0.717) is 38.2 Å². The molecule has 4 rings (SSSR count). The molecule has 1 aliphatic heterocycles. The number of amides is 1. The minimum Gasteiger partial charge on any atom is -0.494 e. The van der Waals surface area contributed by atoms with Crippen LogP contribution in [0.3, 0.4) is 0 Å². The van der Waals surface area contributed by atoms with Crippen molar-refractivity contribution in [3.8, 4) is 5.75 Å². The van der Waals surface area contributed by atoms with E-state index in [0.717, 1.165) is 50.4 Å². The Hall–Kier alpha value is -3.50. The molecule has 1 N–H and O–H groups in total. The predicted octanol–water partition coefficient (Wildman–Crippen LogP) is 6.36. The lowest BCUT2D eigenvalue weighted by atomic mass is 9.84. The van der Waals surface area contributed by atoms with Crippen LogP contribution in [0.15, 0.2) is 42.5 Å². The number of nitro groups is 1. The molecule has 11 heteroatoms. The minimum absolute atomic E-state index is 0.0937. The van der Waals surface area contributed by atoms with Crippen LogP contribution in [0.5, 0.6) is 5.75 Å². The third kappa shape index (κ3) is 7.37. The molecule has 8 nitrogen and oxygen atoms in total. The Balaban J connectivity index is 1.22. The van der Waals surface area contributed by atoms with E-state index in [-0.39, 0.29) is 23.6 Å². The topological polar surface area (TPSA) is 88.0 Å². The van der Waals surface area contributed by atoms with Crippen LogP contribution in [0.4, 0.5) is 30.2 Å². The Morgan fingerprint density at radius 1 is 1.07 bits per heavy atom. The highest BCUT2D eigenvalue weighted by atomic mass is 19.4. The van der Waals surface area contributed by atoms with Gasteiger partial charge in [0.1, 0.15) is 11.3 Å². The Labute approximate surface area is 232 Å². The summed E-state index contributed by atoms with van der Waals surface area (Å²) in [4.78, 5) is 27.3. The second-order valence-electron chi connectivity index (χ2n) is 10.8. The monoisotopic (exact) mass is 562 g/mol. The first-order valence-electron chi connectivity index (χ1n) is 13.9. The van der Waals surface area contributed by atoms with Crippen LogP contribution in [0.1, 0.15) is 51.0 Å². The largest absolute Gasteiger partial charge is 0.494 e. The zero-order chi connectivity index (χ0) is 28.9. The van der Waals surface area contributed by atoms with Gasteiger partial charge in [0.25, 0.3) is 5.69 Å². The number of hydrogen-bond acceptors (Lipinski definition) is 6. The zero-order valence-corrected chi connectivity index (χ0v) is 23.0. The van der Waals surface area contributed by atoms with Gasteiger partial charge >= 0.3 is 6.18 Å². The van der Waals surface area contributed by atoms with E-state index in [1.807, 2.05) is 31.0 Å². The number of alkyl halides is 3. The van der Waals surface area contributed by atoms with Crippen molar-refractivity contribution in [1.29, 1.82) is 0 Å². The van der Waals surface area contributed by atoms with E-state index in [2.05, 4.69) is 22.3 Å². The van der Waals surface area contributed by atoms with Crippen LogP contribution >= 0.6 is 0 Å². The van der Waals surface area contributed by atoms with Crippen LogP contribution in [-0.2, 0) is 11.0 Å². The number of piperidine rings is 1. The summed E-state index contributed by atoms with van der Waals surface area (Å²) < 4.78 is 45.4. The first-order chi connectivity index (χ1) is 19.0. The number of rotatable bonds is 9. The number of nitrogens with one attached hydrogen (secondary N) is 1. The summed E-state index contributed by atoms with van der Waals surface area (Å²) in [5, 5.41) is 14.1. The first-order valence-corrected chi connectivity index (χ1v) is 13.9. The molecule has 2 fully saturated rings. The molecule has 218 valence electrons. The van der Waals surface area contributed by atoms with Crippen molar-refractivity contribution in [3.05, 3.63) is 58.1 Å². The van der Waals surface area contributed by atoms with Gasteiger partial charge in [-0.05, 0) is 87.8 Å². The average Bonchev–Trinajstić information content (AvgIpc) is 2.93. The quantitative estimate of drug-likeness (QED) is 0.283. The molecule has 0 spiro atoms. The van der Waals surface area contributed by atoms with Crippen LogP contribution in [0.2, 0.25) is 0 Å². The second-order valence-corrected chi connectivity index (χ2v) is 10.8. The highest BCUT2D eigenvalue weighted by molar-refractivity contribution is 5.78. The summed E-state index contributed by atoms with van der Waals surface area (Å²) in [6.45, 7) is 5.21. The summed E-state index contributed by atoms with van der Waals surface area (Å²) in [7, 11) is 1.86. The number of ether oxygens (including phenoxy) is 1. The molecule has 1 amide bonds. The van der Waals surface area contributed by atoms with Crippen molar-refractivity contribution in [1.82, 2.24) is 4.90 Å². The van der Waals surface area contributed by atoms with Gasteiger partial charge in [0.15, 0.2) is 0 Å². The highest BCUT2D eigenvalue weighted by Gasteiger charge is 2.39. The molecule has 1 aliphatic carbocycles. The Bertz CT molecular complexity index is 1160. The maximum absolute atomic E-state index is 13.3. The smallest absolute Gasteiger partial charge is 0.423 e. The molecular weight excluding hydrogens is 525 g/mol. The van der Waals surface area contributed by atoms with E-state index in [1.54, 1.807) is 0 Å². The summed E-state index contributed by atoms with van der Waals surface area (Å²) in [6.07, 6.45) is -0.216. The van der Waals surface area contributed by atoms with Gasteiger partial charge in [0.05, 0.1) is 11.5 Å². The number of anilines is 2. The third-order valence-corrected chi connectivity index (χ3v) is 7.98. The molecule has 0 radical (unpaired) electrons. The Kier molecular flexibility index (Phi) is 9.42. The van der Waals surface area contributed by atoms with Crippen molar-refractivity contribution in [2.75, 3.05) is 43.5 Å². The van der Waals surface area contributed by atoms with Crippen molar-refractivity contribution >= 4 is 23.0 Å². The van der Waals surface area contributed by atoms with E-state index < -0.39 is 22.4 Å². The Morgan fingerprint density at radius 3 is 2.30 bits per heavy atom. The maximum Gasteiger partial charge on any atom is 0.423 e. The summed E-state index contributed by atoms with van der Waals surface area (Å²) in [5.41, 5.74) is -0.850. The molecule has 1 heterocycles. The molecule has 0 bridgehead atoms. The van der Waals surface area contributed by atoms with Crippen molar-refractivity contribution in [2.24, 2.45) is 11.8 Å². The number of carbonyl (C=O) groups is 1. The van der Waals surface area contributed by atoms with E-state index >= 15 is 0 Å². The lowest BCUT2D eigenvalue weighted by Crippen LogP contribution is -2.42. The van der Waals surface area contributed by atoms with Gasteiger partial charge in [0, 0.05) is 56.1 Å². The second kappa shape index (κ2) is 12.8. The normalized spacial score (nSPS) is 20.2. The summed E-state index contributed by atoms with van der Waals surface area (Å²) in [5.74, 6) is 1.33. The standard InChI is InChI=1S/C29H37F3N4O4/c1-3-40-25-11-9-24(10-12-25)35-16-14-20(15-17-35)19-34(2)28(37)21-4-6-22(7-5-21)33-23-8-13-27(36(38)39)26(18-23)29(30,31)32/h8-13,18,20-22,33H,3-7,14-17,19H2,1-2H3. The fraction of sp³-hybridized carbons (Fsp3) is 0.552. The SMILES string of the molecule is CCOc1ccc(N2CCC(CN(C)C(=O)C3CCC(Nc4ccc([N+](=O)[O-])c(C(F)(F)F)c4)CC3)CC2)cc1. The van der Waals surface area contributed by atoms with Gasteiger partial charge in [0.2, 0.25) is 5.91 Å². The average molecular weight is 563 g/mol. The lowest BCUT2D eigenvalue weighted by molar-refractivity contribution is -0.388. The van der Waals surface area contributed by atoms with Gasteiger partial charge in [-0.25, -0.2) is 0 Å². The fourth-order valence-corrected chi connectivity index (χ4v) is 5.82. The number of halogens is 3. The molecule has 40 heavy (non-hydrogen) atoms. The predicted molar refractivity (Wildman–Crippen MR) is 148 cm³/mol. The van der Waals surface area contributed by atoms with Crippen molar-refractivity contribution < 1.29 is 27.6 Å². The molecule has 0 aromatic heterocycles. The number of benzene rings is 2. The fourth-order valence-electron chi connectivity index (χ4n) is 5.82. The highest BCUT2D eigenvalue weighted by Crippen LogP contribution is 2.38. The van der Waals surface area contributed by atoms with Crippen LogP contribution in [0.25, 0.3) is 0 Å². The van der Waals surface area contributed by atoms with Crippen LogP contribution in [0, 0.1) is 22.0 Å². The molecule has 0 unspecified atom stereocenters. The van der Waals surface area contributed by atoms with E-state index in [1.165, 1.54) is 11.8 Å². The number of hydrogen-bond donors (Lipinski definition) is 1. The number of nitrogens with zero attached hydrogens (tertiary/aromatic N) is 3. The molecule has 2 aromatic carbocycles.